The Kier molecular flexibility index (Phi) is 2.94. The van der Waals surface area contributed by atoms with E-state index in [-0.39, 0.29) is 5.91 Å². The molecule has 1 amide bonds. The van der Waals surface area contributed by atoms with Crippen LogP contribution in [0.5, 0.6) is 0 Å². The Bertz CT molecular complexity index is 693. The average molecular weight is 268 g/mol. The molecule has 3 rings (SSSR count). The maximum atomic E-state index is 12.4. The van der Waals surface area contributed by atoms with E-state index < -0.39 is 5.41 Å². The number of carbonyl (C=O) groups excluding carboxylic acids is 1. The highest BCUT2D eigenvalue weighted by molar-refractivity contribution is 5.86. The molecular formula is C15H16N4O. The Morgan fingerprint density at radius 1 is 1.55 bits per heavy atom. The predicted molar refractivity (Wildman–Crippen MR) is 74.5 cm³/mol. The molecule has 0 aliphatic heterocycles. The van der Waals surface area contributed by atoms with E-state index in [0.717, 1.165) is 23.0 Å². The smallest absolute Gasteiger partial charge is 0.243 e. The van der Waals surface area contributed by atoms with Crippen molar-refractivity contribution < 1.29 is 4.79 Å². The van der Waals surface area contributed by atoms with Crippen molar-refractivity contribution in [1.82, 2.24) is 14.9 Å². The number of fused-ring (bicyclic) bond motifs is 1. The average Bonchev–Trinajstić information content (AvgIpc) is 2.85. The minimum Gasteiger partial charge on any atom is -0.345 e. The van der Waals surface area contributed by atoms with Crippen LogP contribution in [0.4, 0.5) is 0 Å². The molecule has 0 atom stereocenters. The summed E-state index contributed by atoms with van der Waals surface area (Å²) in [7, 11) is 1.76. The Morgan fingerprint density at radius 2 is 2.35 bits per heavy atom. The highest BCUT2D eigenvalue weighted by Crippen LogP contribution is 2.41. The summed E-state index contributed by atoms with van der Waals surface area (Å²) in [6.07, 6.45) is 3.99. The normalized spacial score (nSPS) is 16.4. The summed E-state index contributed by atoms with van der Waals surface area (Å²) in [5, 5.41) is 9.22. The van der Waals surface area contributed by atoms with E-state index in [2.05, 4.69) is 16.0 Å². The van der Waals surface area contributed by atoms with Crippen molar-refractivity contribution in [1.29, 1.82) is 5.26 Å². The molecule has 1 aromatic heterocycles. The van der Waals surface area contributed by atoms with Crippen molar-refractivity contribution in [3.63, 3.8) is 0 Å². The van der Waals surface area contributed by atoms with Crippen molar-refractivity contribution in [2.24, 2.45) is 5.41 Å². The monoisotopic (exact) mass is 268 g/mol. The van der Waals surface area contributed by atoms with Gasteiger partial charge in [-0.25, -0.2) is 4.98 Å². The number of benzene rings is 1. The van der Waals surface area contributed by atoms with Crippen LogP contribution in [0.2, 0.25) is 0 Å². The molecular weight excluding hydrogens is 252 g/mol. The Hall–Kier alpha value is -2.35. The van der Waals surface area contributed by atoms with E-state index in [9.17, 15) is 10.1 Å². The molecule has 5 nitrogen and oxygen atoms in total. The number of nitriles is 1. The second-order valence-electron chi connectivity index (χ2n) is 5.46. The van der Waals surface area contributed by atoms with E-state index in [0.29, 0.717) is 19.4 Å². The number of imidazole rings is 1. The number of carbonyl (C=O) groups is 1. The molecule has 0 bridgehead atoms. The van der Waals surface area contributed by atoms with Crippen LogP contribution in [-0.4, -0.2) is 27.8 Å². The molecule has 0 radical (unpaired) electrons. The lowest BCUT2D eigenvalue weighted by Crippen LogP contribution is -2.45. The summed E-state index contributed by atoms with van der Waals surface area (Å²) in [4.78, 5) is 21.3. The number of amides is 1. The van der Waals surface area contributed by atoms with Gasteiger partial charge in [0, 0.05) is 13.6 Å². The van der Waals surface area contributed by atoms with E-state index >= 15 is 0 Å². The third-order valence-corrected chi connectivity index (χ3v) is 4.08. The third kappa shape index (κ3) is 1.94. The number of rotatable bonds is 3. The van der Waals surface area contributed by atoms with Gasteiger partial charge in [0.1, 0.15) is 5.41 Å². The molecule has 0 spiro atoms. The number of H-pyrrole nitrogens is 1. The minimum absolute atomic E-state index is 0.0593. The van der Waals surface area contributed by atoms with E-state index in [4.69, 9.17) is 0 Å². The number of aromatic amines is 1. The van der Waals surface area contributed by atoms with Crippen LogP contribution in [-0.2, 0) is 11.3 Å². The van der Waals surface area contributed by atoms with Gasteiger partial charge in [0.05, 0.1) is 23.4 Å². The number of nitrogens with one attached hydrogen (secondary N) is 1. The summed E-state index contributed by atoms with van der Waals surface area (Å²) < 4.78 is 0. The number of hydrogen-bond acceptors (Lipinski definition) is 3. The van der Waals surface area contributed by atoms with Gasteiger partial charge in [0.25, 0.3) is 0 Å². The van der Waals surface area contributed by atoms with Gasteiger partial charge in [-0.05, 0) is 37.0 Å². The van der Waals surface area contributed by atoms with Crippen LogP contribution in [0, 0.1) is 16.7 Å². The lowest BCUT2D eigenvalue weighted by Gasteiger charge is -2.36. The lowest BCUT2D eigenvalue weighted by molar-refractivity contribution is -0.142. The van der Waals surface area contributed by atoms with Crippen molar-refractivity contribution in [3.8, 4) is 6.07 Å². The quantitative estimate of drug-likeness (QED) is 0.927. The van der Waals surface area contributed by atoms with Gasteiger partial charge in [-0.15, -0.1) is 0 Å². The molecule has 5 heteroatoms. The highest BCUT2D eigenvalue weighted by Gasteiger charge is 2.46. The van der Waals surface area contributed by atoms with Crippen LogP contribution in [0.1, 0.15) is 24.8 Å². The van der Waals surface area contributed by atoms with Crippen molar-refractivity contribution in [2.45, 2.75) is 25.8 Å². The second kappa shape index (κ2) is 4.64. The topological polar surface area (TPSA) is 72.8 Å². The maximum Gasteiger partial charge on any atom is 0.243 e. The molecule has 1 heterocycles. The zero-order valence-electron chi connectivity index (χ0n) is 11.4. The van der Waals surface area contributed by atoms with Crippen LogP contribution < -0.4 is 0 Å². The van der Waals surface area contributed by atoms with Gasteiger partial charge in [0.2, 0.25) is 5.91 Å². The SMILES string of the molecule is CN(Cc1ccc2nc[nH]c2c1)C(=O)C1(C#N)CCC1. The summed E-state index contributed by atoms with van der Waals surface area (Å²) in [6.45, 7) is 0.511. The fraction of sp³-hybridized carbons (Fsp3) is 0.400. The van der Waals surface area contributed by atoms with Crippen LogP contribution >= 0.6 is 0 Å². The lowest BCUT2D eigenvalue weighted by atomic mass is 9.69. The molecule has 2 aromatic rings. The molecule has 1 fully saturated rings. The van der Waals surface area contributed by atoms with E-state index in [1.807, 2.05) is 18.2 Å². The van der Waals surface area contributed by atoms with Gasteiger partial charge in [-0.3, -0.25) is 4.79 Å². The van der Waals surface area contributed by atoms with Crippen LogP contribution in [0.25, 0.3) is 11.0 Å². The molecule has 1 N–H and O–H groups in total. The van der Waals surface area contributed by atoms with E-state index in [1.54, 1.807) is 18.3 Å². The first-order valence-corrected chi connectivity index (χ1v) is 6.73. The largest absolute Gasteiger partial charge is 0.345 e. The first-order valence-electron chi connectivity index (χ1n) is 6.73. The van der Waals surface area contributed by atoms with Crippen LogP contribution in [0.15, 0.2) is 24.5 Å². The predicted octanol–water partition coefficient (Wildman–Crippen LogP) is 2.22. The molecule has 1 aliphatic rings. The Morgan fingerprint density at radius 3 is 3.00 bits per heavy atom. The summed E-state index contributed by atoms with van der Waals surface area (Å²) in [5.41, 5.74) is 2.13. The minimum atomic E-state index is -0.771. The van der Waals surface area contributed by atoms with Gasteiger partial charge < -0.3 is 9.88 Å². The summed E-state index contributed by atoms with van der Waals surface area (Å²) in [5.74, 6) is -0.0593. The second-order valence-corrected chi connectivity index (χ2v) is 5.46. The first-order chi connectivity index (χ1) is 9.64. The van der Waals surface area contributed by atoms with Gasteiger partial charge in [-0.1, -0.05) is 6.07 Å². The fourth-order valence-corrected chi connectivity index (χ4v) is 2.70. The third-order valence-electron chi connectivity index (χ3n) is 4.08. The van der Waals surface area contributed by atoms with Gasteiger partial charge in [-0.2, -0.15) is 5.26 Å². The van der Waals surface area contributed by atoms with Gasteiger partial charge >= 0.3 is 0 Å². The fourth-order valence-electron chi connectivity index (χ4n) is 2.70. The standard InChI is InChI=1S/C15H16N4O/c1-19(14(20)15(9-16)5-2-6-15)8-11-3-4-12-13(7-11)18-10-17-12/h3-4,7,10H,2,5-6,8H2,1H3,(H,17,18). The Balaban J connectivity index is 1.76. The first kappa shape index (κ1) is 12.7. The molecule has 0 saturated heterocycles. The van der Waals surface area contributed by atoms with E-state index in [1.165, 1.54) is 0 Å². The van der Waals surface area contributed by atoms with Gasteiger partial charge in [0.15, 0.2) is 0 Å². The number of nitrogens with zero attached hydrogens (tertiary/aromatic N) is 3. The zero-order chi connectivity index (χ0) is 14.2. The zero-order valence-corrected chi connectivity index (χ0v) is 11.4. The number of hydrogen-bond donors (Lipinski definition) is 1. The van der Waals surface area contributed by atoms with Crippen molar-refractivity contribution in [3.05, 3.63) is 30.1 Å². The van der Waals surface area contributed by atoms with Crippen molar-refractivity contribution >= 4 is 16.9 Å². The summed E-state index contributed by atoms with van der Waals surface area (Å²) in [6, 6.07) is 8.09. The molecule has 1 saturated carbocycles. The van der Waals surface area contributed by atoms with Crippen molar-refractivity contribution in [2.75, 3.05) is 7.05 Å². The highest BCUT2D eigenvalue weighted by atomic mass is 16.2. The Labute approximate surface area is 117 Å². The molecule has 0 unspecified atom stereocenters. The molecule has 1 aromatic carbocycles. The maximum absolute atomic E-state index is 12.4. The van der Waals surface area contributed by atoms with Crippen LogP contribution in [0.3, 0.4) is 0 Å². The molecule has 1 aliphatic carbocycles. The molecule has 20 heavy (non-hydrogen) atoms. The summed E-state index contributed by atoms with van der Waals surface area (Å²) >= 11 is 0. The molecule has 102 valence electrons. The number of aromatic nitrogens is 2.